The van der Waals surface area contributed by atoms with Crippen molar-refractivity contribution in [2.45, 2.75) is 24.8 Å². The van der Waals surface area contributed by atoms with E-state index >= 15 is 0 Å². The van der Waals surface area contributed by atoms with E-state index in [-0.39, 0.29) is 56.7 Å². The van der Waals surface area contributed by atoms with Crippen LogP contribution in [0.1, 0.15) is 19.8 Å². The molecule has 0 saturated heterocycles. The van der Waals surface area contributed by atoms with E-state index in [1.54, 1.807) is 0 Å². The molecular weight excluding hydrogens is 285 g/mol. The summed E-state index contributed by atoms with van der Waals surface area (Å²) in [7, 11) is 0. The van der Waals surface area contributed by atoms with Gasteiger partial charge in [-0.3, -0.25) is 0 Å². The van der Waals surface area contributed by atoms with Crippen molar-refractivity contribution in [3.63, 3.8) is 0 Å². The first-order valence-electron chi connectivity index (χ1n) is 2.21. The molecule has 0 N–H and O–H groups in total. The van der Waals surface area contributed by atoms with Crippen LogP contribution in [-0.2, 0) is 37.8 Å². The second kappa shape index (κ2) is 32.1. The standard InChI is InChI=1S/C4H9.3ClH.2Zn/c1-3-4-2;;;;;/h1,3-4H2,2H3;3*1H;;/q;;;;+1;+2/p-3. The Morgan fingerprint density at radius 2 is 1.44 bits per heavy atom. The Morgan fingerprint density at radius 1 is 1.11 bits per heavy atom. The van der Waals surface area contributed by atoms with Crippen LogP contribution in [0, 0.1) is 0 Å². The van der Waals surface area contributed by atoms with E-state index < -0.39 is 0 Å². The molecule has 0 unspecified atom stereocenters. The van der Waals surface area contributed by atoms with Gasteiger partial charge >= 0.3 is 62.6 Å². The summed E-state index contributed by atoms with van der Waals surface area (Å²) in [6.07, 6.45) is 2.82. The molecule has 0 heterocycles. The van der Waals surface area contributed by atoms with Crippen LogP contribution in [0.4, 0.5) is 0 Å². The summed E-state index contributed by atoms with van der Waals surface area (Å²) < 4.78 is 0. The Hall–Kier alpha value is 2.12. The molecule has 0 bridgehead atoms. The fourth-order valence-corrected chi connectivity index (χ4v) is 1.30. The molecule has 0 amide bonds. The third-order valence-corrected chi connectivity index (χ3v) is 1.65. The molecule has 0 aliphatic heterocycles. The van der Waals surface area contributed by atoms with Crippen molar-refractivity contribution in [2.24, 2.45) is 0 Å². The fraction of sp³-hybridized carbons (Fsp3) is 1.00. The van der Waals surface area contributed by atoms with Gasteiger partial charge in [0.05, 0.1) is 0 Å². The SMILES string of the molecule is CCC[CH2][Zn+].[Cl-].[Cl-].[Cl-].[Zn+2]. The Morgan fingerprint density at radius 3 is 1.44 bits per heavy atom. The van der Waals surface area contributed by atoms with Crippen LogP contribution in [0.3, 0.4) is 0 Å². The monoisotopic (exact) mass is 290 g/mol. The predicted molar refractivity (Wildman–Crippen MR) is 19.7 cm³/mol. The van der Waals surface area contributed by atoms with E-state index in [4.69, 9.17) is 0 Å². The minimum Gasteiger partial charge on any atom is -1.00 e. The fourth-order valence-electron chi connectivity index (χ4n) is 0.250. The smallest absolute Gasteiger partial charge is 1.00 e. The summed E-state index contributed by atoms with van der Waals surface area (Å²) in [4.78, 5) is 0. The molecule has 0 aliphatic rings. The van der Waals surface area contributed by atoms with Crippen molar-refractivity contribution in [1.82, 2.24) is 0 Å². The first-order chi connectivity index (χ1) is 2.41. The first kappa shape index (κ1) is 30.4. The van der Waals surface area contributed by atoms with Crippen LogP contribution < -0.4 is 37.2 Å². The van der Waals surface area contributed by atoms with Crippen LogP contribution in [0.5, 0.6) is 0 Å². The van der Waals surface area contributed by atoms with E-state index in [9.17, 15) is 0 Å². The number of rotatable bonds is 2. The van der Waals surface area contributed by atoms with Gasteiger partial charge in [-0.2, -0.15) is 0 Å². The van der Waals surface area contributed by atoms with Gasteiger partial charge in [0.15, 0.2) is 0 Å². The van der Waals surface area contributed by atoms with Gasteiger partial charge in [0, 0.05) is 0 Å². The van der Waals surface area contributed by atoms with E-state index in [1.165, 1.54) is 36.2 Å². The molecular formula is C4H9Cl3Zn2. The maximum atomic E-state index is 2.23. The summed E-state index contributed by atoms with van der Waals surface area (Å²) in [6, 6.07) is 0. The number of hydrogen-bond acceptors (Lipinski definition) is 0. The Labute approximate surface area is 99.0 Å². The molecule has 0 radical (unpaired) electrons. The Bertz CT molecular complexity index is 21.3. The Kier molecular flexibility index (Phi) is 109. The van der Waals surface area contributed by atoms with Crippen LogP contribution in [0.15, 0.2) is 0 Å². The number of unbranched alkanes of at least 4 members (excludes halogenated alkanes) is 1. The second-order valence-electron chi connectivity index (χ2n) is 1.21. The van der Waals surface area contributed by atoms with Crippen LogP contribution in [-0.4, -0.2) is 0 Å². The summed E-state index contributed by atoms with van der Waals surface area (Å²) in [5.41, 5.74) is 0. The minimum atomic E-state index is 0. The molecule has 0 fully saturated rings. The van der Waals surface area contributed by atoms with Crippen molar-refractivity contribution in [3.05, 3.63) is 0 Å². The molecule has 0 spiro atoms. The average molecular weight is 294 g/mol. The summed E-state index contributed by atoms with van der Waals surface area (Å²) >= 11 is 1.48. The van der Waals surface area contributed by atoms with Gasteiger partial charge in [0.25, 0.3) is 0 Å². The molecule has 0 nitrogen and oxygen atoms in total. The molecule has 0 aliphatic carbocycles. The van der Waals surface area contributed by atoms with Gasteiger partial charge in [-0.1, -0.05) is 0 Å². The third-order valence-electron chi connectivity index (χ3n) is 0.604. The predicted octanol–water partition coefficient (Wildman–Crippen LogP) is -7.24. The molecule has 0 aromatic heterocycles. The molecule has 0 atom stereocenters. The summed E-state index contributed by atoms with van der Waals surface area (Å²) in [5, 5.41) is 1.47. The molecule has 0 aromatic rings. The maximum absolute atomic E-state index is 2.23. The van der Waals surface area contributed by atoms with Crippen molar-refractivity contribution in [1.29, 1.82) is 0 Å². The second-order valence-corrected chi connectivity index (χ2v) is 2.69. The van der Waals surface area contributed by atoms with E-state index in [2.05, 4.69) is 6.92 Å². The van der Waals surface area contributed by atoms with Crippen LogP contribution in [0.2, 0.25) is 5.02 Å². The topological polar surface area (TPSA) is 0 Å². The van der Waals surface area contributed by atoms with Crippen LogP contribution >= 0.6 is 0 Å². The molecule has 9 heavy (non-hydrogen) atoms. The zero-order valence-electron chi connectivity index (χ0n) is 5.67. The van der Waals surface area contributed by atoms with Gasteiger partial charge in [-0.25, -0.2) is 0 Å². The average Bonchev–Trinajstić information content (AvgIpc) is 1.41. The largest absolute Gasteiger partial charge is 2.00 e. The van der Waals surface area contributed by atoms with Gasteiger partial charge in [0.1, 0.15) is 0 Å². The van der Waals surface area contributed by atoms with Crippen molar-refractivity contribution >= 4 is 0 Å². The zero-order chi connectivity index (χ0) is 4.12. The molecule has 5 heteroatoms. The molecule has 0 aromatic carbocycles. The van der Waals surface area contributed by atoms with Crippen molar-refractivity contribution in [2.75, 3.05) is 0 Å². The molecule has 0 saturated carbocycles. The minimum absolute atomic E-state index is 0. The Balaban J connectivity index is -0.0000000133. The number of halogens is 3. The quantitative estimate of drug-likeness (QED) is 0.444. The van der Waals surface area contributed by atoms with E-state index in [1.807, 2.05) is 0 Å². The molecule has 50 valence electrons. The van der Waals surface area contributed by atoms with E-state index in [0.717, 1.165) is 0 Å². The van der Waals surface area contributed by atoms with Gasteiger partial charge < -0.3 is 37.2 Å². The van der Waals surface area contributed by atoms with Crippen LogP contribution in [0.25, 0.3) is 0 Å². The summed E-state index contributed by atoms with van der Waals surface area (Å²) in [6.45, 7) is 2.23. The van der Waals surface area contributed by atoms with E-state index in [0.29, 0.717) is 0 Å². The summed E-state index contributed by atoms with van der Waals surface area (Å²) in [5.74, 6) is 0. The van der Waals surface area contributed by atoms with Gasteiger partial charge in [-0.05, 0) is 0 Å². The third kappa shape index (κ3) is 39.3. The zero-order valence-corrected chi connectivity index (χ0v) is 13.9. The number of hydrogen-bond donors (Lipinski definition) is 0. The van der Waals surface area contributed by atoms with Crippen molar-refractivity contribution in [3.8, 4) is 0 Å². The molecule has 0 rings (SSSR count). The van der Waals surface area contributed by atoms with Gasteiger partial charge in [-0.15, -0.1) is 0 Å². The normalized spacial score (nSPS) is 4.78. The van der Waals surface area contributed by atoms with Gasteiger partial charge in [0.2, 0.25) is 0 Å². The maximum Gasteiger partial charge on any atom is 2.00 e. The first-order valence-corrected chi connectivity index (χ1v) is 4.31. The van der Waals surface area contributed by atoms with Crippen molar-refractivity contribution < 1.29 is 75.0 Å².